The van der Waals surface area contributed by atoms with Crippen LogP contribution >= 0.6 is 12.2 Å². The molecule has 2 nitrogen and oxygen atoms in total. The number of fused-ring (bicyclic) bond motifs is 1. The zero-order valence-corrected chi connectivity index (χ0v) is 7.80. The Morgan fingerprint density at radius 1 is 1.46 bits per heavy atom. The van der Waals surface area contributed by atoms with Gasteiger partial charge in [-0.05, 0) is 28.9 Å². The first-order chi connectivity index (χ1) is 6.31. The molecule has 13 heavy (non-hydrogen) atoms. The van der Waals surface area contributed by atoms with E-state index in [0.29, 0.717) is 0 Å². The first kappa shape index (κ1) is 8.45. The molecular formula is C10H9NOS. The fourth-order valence-electron chi connectivity index (χ4n) is 1.37. The van der Waals surface area contributed by atoms with Gasteiger partial charge in [-0.15, -0.1) is 0 Å². The van der Waals surface area contributed by atoms with Crippen LogP contribution < -0.4 is 10.5 Å². The molecule has 0 aromatic heterocycles. The highest BCUT2D eigenvalue weighted by molar-refractivity contribution is 7.78. The summed E-state index contributed by atoms with van der Waals surface area (Å²) < 4.78 is 5.45. The molecule has 1 aromatic rings. The standard InChI is InChI=1S/C10H9NOS/c11-10-8(6-13)5-7-3-1-2-4-9(7)12-10/h1-4,10H,5,11H2. The summed E-state index contributed by atoms with van der Waals surface area (Å²) in [5.41, 5.74) is 7.68. The van der Waals surface area contributed by atoms with Crippen molar-refractivity contribution in [1.82, 2.24) is 0 Å². The van der Waals surface area contributed by atoms with Crippen LogP contribution in [0.1, 0.15) is 5.56 Å². The van der Waals surface area contributed by atoms with E-state index >= 15 is 0 Å². The highest BCUT2D eigenvalue weighted by Crippen LogP contribution is 2.27. The molecule has 3 heteroatoms. The minimum absolute atomic E-state index is 0.424. The van der Waals surface area contributed by atoms with E-state index in [1.54, 1.807) is 0 Å². The summed E-state index contributed by atoms with van der Waals surface area (Å²) in [5, 5.41) is 2.64. The number of para-hydroxylation sites is 1. The Kier molecular flexibility index (Phi) is 2.15. The summed E-state index contributed by atoms with van der Waals surface area (Å²) in [6.45, 7) is 0. The average molecular weight is 191 g/mol. The minimum Gasteiger partial charge on any atom is -0.471 e. The maximum Gasteiger partial charge on any atom is 0.178 e. The lowest BCUT2D eigenvalue weighted by Crippen LogP contribution is -2.34. The van der Waals surface area contributed by atoms with Gasteiger partial charge < -0.3 is 4.74 Å². The predicted molar refractivity (Wildman–Crippen MR) is 54.9 cm³/mol. The lowest BCUT2D eigenvalue weighted by Gasteiger charge is -2.23. The van der Waals surface area contributed by atoms with Crippen LogP contribution in [0.25, 0.3) is 0 Å². The summed E-state index contributed by atoms with van der Waals surface area (Å²) in [6, 6.07) is 7.82. The lowest BCUT2D eigenvalue weighted by molar-refractivity contribution is 0.230. The Morgan fingerprint density at radius 3 is 3.00 bits per heavy atom. The van der Waals surface area contributed by atoms with Gasteiger partial charge in [0, 0.05) is 12.0 Å². The van der Waals surface area contributed by atoms with Crippen LogP contribution in [-0.2, 0) is 6.42 Å². The van der Waals surface area contributed by atoms with Gasteiger partial charge in [0.2, 0.25) is 0 Å². The number of rotatable bonds is 0. The van der Waals surface area contributed by atoms with Crippen LogP contribution in [0.2, 0.25) is 0 Å². The Labute approximate surface area is 82.0 Å². The molecule has 1 unspecified atom stereocenters. The smallest absolute Gasteiger partial charge is 0.178 e. The Morgan fingerprint density at radius 2 is 2.23 bits per heavy atom. The molecule has 1 aliphatic heterocycles. The molecule has 1 aromatic carbocycles. The molecule has 0 radical (unpaired) electrons. The molecule has 1 atom stereocenters. The van der Waals surface area contributed by atoms with Crippen molar-refractivity contribution in [2.75, 3.05) is 0 Å². The van der Waals surface area contributed by atoms with Crippen LogP contribution in [0.15, 0.2) is 29.8 Å². The van der Waals surface area contributed by atoms with Gasteiger partial charge in [0.05, 0.1) is 0 Å². The van der Waals surface area contributed by atoms with Crippen molar-refractivity contribution >= 4 is 17.2 Å². The van der Waals surface area contributed by atoms with Crippen molar-refractivity contribution < 1.29 is 4.74 Å². The second-order valence-electron chi connectivity index (χ2n) is 2.95. The monoisotopic (exact) mass is 191 g/mol. The van der Waals surface area contributed by atoms with Crippen molar-refractivity contribution in [3.05, 3.63) is 35.4 Å². The van der Waals surface area contributed by atoms with Crippen molar-refractivity contribution in [2.24, 2.45) is 5.73 Å². The van der Waals surface area contributed by atoms with Crippen molar-refractivity contribution in [1.29, 1.82) is 0 Å². The van der Waals surface area contributed by atoms with Crippen LogP contribution in [0.4, 0.5) is 0 Å². The van der Waals surface area contributed by atoms with Gasteiger partial charge in [0.15, 0.2) is 6.23 Å². The van der Waals surface area contributed by atoms with E-state index in [2.05, 4.69) is 5.02 Å². The Balaban J connectivity index is 2.44. The molecule has 0 amide bonds. The number of thiocarbonyl (C=S) groups is 1. The predicted octanol–water partition coefficient (Wildman–Crippen LogP) is 1.43. The maximum absolute atomic E-state index is 5.72. The molecule has 0 saturated heterocycles. The third-order valence-electron chi connectivity index (χ3n) is 2.08. The maximum atomic E-state index is 5.72. The highest BCUT2D eigenvalue weighted by atomic mass is 32.1. The van der Waals surface area contributed by atoms with Gasteiger partial charge in [0.1, 0.15) is 5.75 Å². The van der Waals surface area contributed by atoms with Gasteiger partial charge in [0.25, 0.3) is 0 Å². The Hall–Kier alpha value is -1.15. The van der Waals surface area contributed by atoms with E-state index in [1.165, 1.54) is 0 Å². The van der Waals surface area contributed by atoms with Crippen LogP contribution in [0.3, 0.4) is 0 Å². The van der Waals surface area contributed by atoms with E-state index in [0.717, 1.165) is 23.3 Å². The zero-order chi connectivity index (χ0) is 9.26. The van der Waals surface area contributed by atoms with Crippen molar-refractivity contribution in [3.8, 4) is 5.75 Å². The summed E-state index contributed by atoms with van der Waals surface area (Å²) >= 11 is 4.73. The number of hydrogen-bond donors (Lipinski definition) is 1. The topological polar surface area (TPSA) is 35.2 Å². The van der Waals surface area contributed by atoms with Crippen LogP contribution in [0.5, 0.6) is 5.75 Å². The second-order valence-corrected chi connectivity index (χ2v) is 3.15. The summed E-state index contributed by atoms with van der Waals surface area (Å²) in [6.07, 6.45) is 0.327. The van der Waals surface area contributed by atoms with Crippen LogP contribution in [0, 0.1) is 0 Å². The summed E-state index contributed by atoms with van der Waals surface area (Å²) in [7, 11) is 0. The molecule has 2 N–H and O–H groups in total. The van der Waals surface area contributed by atoms with E-state index in [9.17, 15) is 0 Å². The summed E-state index contributed by atoms with van der Waals surface area (Å²) in [5.74, 6) is 0.851. The van der Waals surface area contributed by atoms with E-state index in [4.69, 9.17) is 22.7 Å². The molecule has 2 rings (SSSR count). The fourth-order valence-corrected chi connectivity index (χ4v) is 1.56. The van der Waals surface area contributed by atoms with Gasteiger partial charge in [-0.3, -0.25) is 5.73 Å². The molecule has 0 saturated carbocycles. The van der Waals surface area contributed by atoms with E-state index < -0.39 is 6.23 Å². The third kappa shape index (κ3) is 1.49. The largest absolute Gasteiger partial charge is 0.471 e. The molecule has 0 bridgehead atoms. The summed E-state index contributed by atoms with van der Waals surface area (Å²) in [4.78, 5) is 0. The molecule has 0 aliphatic carbocycles. The molecule has 1 aliphatic rings. The zero-order valence-electron chi connectivity index (χ0n) is 6.99. The van der Waals surface area contributed by atoms with E-state index in [-0.39, 0.29) is 0 Å². The highest BCUT2D eigenvalue weighted by Gasteiger charge is 2.20. The van der Waals surface area contributed by atoms with Gasteiger partial charge >= 0.3 is 0 Å². The number of benzene rings is 1. The Bertz CT molecular complexity index is 382. The van der Waals surface area contributed by atoms with Gasteiger partial charge in [-0.2, -0.15) is 0 Å². The lowest BCUT2D eigenvalue weighted by atomic mass is 10.0. The number of nitrogens with two attached hydrogens (primary N) is 1. The SMILES string of the molecule is NC1Oc2ccccc2CC1=C=S. The molecule has 66 valence electrons. The van der Waals surface area contributed by atoms with Gasteiger partial charge in [-0.1, -0.05) is 18.2 Å². The first-order valence-electron chi connectivity index (χ1n) is 4.05. The quantitative estimate of drug-likeness (QED) is 0.630. The molecule has 0 spiro atoms. The molecule has 0 fully saturated rings. The first-order valence-corrected chi connectivity index (χ1v) is 4.46. The number of ether oxygens (including phenoxy) is 1. The molecular weight excluding hydrogens is 182 g/mol. The third-order valence-corrected chi connectivity index (χ3v) is 2.34. The number of hydrogen-bond acceptors (Lipinski definition) is 3. The normalized spacial score (nSPS) is 20.1. The second kappa shape index (κ2) is 3.30. The molecule has 1 heterocycles. The van der Waals surface area contributed by atoms with Gasteiger partial charge in [-0.25, -0.2) is 0 Å². The van der Waals surface area contributed by atoms with Crippen molar-refractivity contribution in [2.45, 2.75) is 12.6 Å². The van der Waals surface area contributed by atoms with Crippen LogP contribution in [-0.4, -0.2) is 11.3 Å². The fraction of sp³-hybridized carbons (Fsp3) is 0.200. The average Bonchev–Trinajstić information content (AvgIpc) is 2.17. The van der Waals surface area contributed by atoms with Crippen molar-refractivity contribution in [3.63, 3.8) is 0 Å². The minimum atomic E-state index is -0.424. The van der Waals surface area contributed by atoms with E-state index in [1.807, 2.05) is 24.3 Å².